The molecule has 120 valence electrons. The zero-order valence-electron chi connectivity index (χ0n) is 11.6. The predicted octanol–water partition coefficient (Wildman–Crippen LogP) is 1.39. The summed E-state index contributed by atoms with van der Waals surface area (Å²) in [5.41, 5.74) is -0.895. The Bertz CT molecular complexity index is 895. The first-order chi connectivity index (χ1) is 10.8. The molecule has 3 heterocycles. The number of hydrogen-bond acceptors (Lipinski definition) is 6. The first kappa shape index (κ1) is 14.9. The number of halogens is 3. The number of aromatic amines is 1. The molecule has 0 unspecified atom stereocenters. The Morgan fingerprint density at radius 1 is 1.35 bits per heavy atom. The summed E-state index contributed by atoms with van der Waals surface area (Å²) in [6, 6.07) is 2.10. The Labute approximate surface area is 126 Å². The van der Waals surface area contributed by atoms with Crippen molar-refractivity contribution in [1.29, 1.82) is 0 Å². The van der Waals surface area contributed by atoms with Crippen LogP contribution in [0.1, 0.15) is 17.3 Å². The fourth-order valence-corrected chi connectivity index (χ4v) is 1.85. The summed E-state index contributed by atoms with van der Waals surface area (Å²) < 4.78 is 43.9. The maximum absolute atomic E-state index is 12.6. The van der Waals surface area contributed by atoms with Gasteiger partial charge in [0.2, 0.25) is 11.7 Å². The van der Waals surface area contributed by atoms with Gasteiger partial charge in [-0.1, -0.05) is 5.16 Å². The van der Waals surface area contributed by atoms with Gasteiger partial charge in [0, 0.05) is 11.8 Å². The minimum Gasteiger partial charge on any atom is -0.337 e. The molecule has 0 aliphatic heterocycles. The molecule has 8 nitrogen and oxygen atoms in total. The molecule has 23 heavy (non-hydrogen) atoms. The third kappa shape index (κ3) is 3.12. The van der Waals surface area contributed by atoms with Crippen LogP contribution in [0.5, 0.6) is 0 Å². The van der Waals surface area contributed by atoms with Crippen molar-refractivity contribution in [2.75, 3.05) is 0 Å². The van der Waals surface area contributed by atoms with E-state index in [4.69, 9.17) is 4.52 Å². The minimum atomic E-state index is -4.52. The summed E-state index contributed by atoms with van der Waals surface area (Å²) in [7, 11) is 0. The van der Waals surface area contributed by atoms with Gasteiger partial charge < -0.3 is 9.51 Å². The van der Waals surface area contributed by atoms with Crippen molar-refractivity contribution in [3.8, 4) is 11.5 Å². The molecule has 0 radical (unpaired) electrons. The number of nitrogens with zero attached hydrogens (tertiary/aromatic N) is 5. The van der Waals surface area contributed by atoms with E-state index in [0.29, 0.717) is 5.69 Å². The first-order valence-corrected chi connectivity index (χ1v) is 6.32. The van der Waals surface area contributed by atoms with Crippen molar-refractivity contribution in [3.05, 3.63) is 46.1 Å². The largest absolute Gasteiger partial charge is 0.435 e. The quantitative estimate of drug-likeness (QED) is 0.780. The molecule has 0 saturated heterocycles. The molecular weight excluding hydrogens is 317 g/mol. The van der Waals surface area contributed by atoms with Crippen LogP contribution >= 0.6 is 0 Å². The van der Waals surface area contributed by atoms with Gasteiger partial charge in [0.15, 0.2) is 5.69 Å². The highest BCUT2D eigenvalue weighted by Gasteiger charge is 2.34. The Morgan fingerprint density at radius 2 is 2.13 bits per heavy atom. The van der Waals surface area contributed by atoms with Crippen LogP contribution < -0.4 is 5.56 Å². The van der Waals surface area contributed by atoms with E-state index in [0.717, 1.165) is 10.7 Å². The molecule has 11 heteroatoms. The number of aromatic nitrogens is 6. The van der Waals surface area contributed by atoms with Gasteiger partial charge in [0.25, 0.3) is 5.56 Å². The van der Waals surface area contributed by atoms with Gasteiger partial charge >= 0.3 is 6.18 Å². The predicted molar refractivity (Wildman–Crippen MR) is 69.2 cm³/mol. The SMILES string of the molecule is Cc1cc(C(F)(F)F)nn1Cc1nc(-c2cc(=O)[nH]cn2)no1. The fraction of sp³-hybridized carbons (Fsp3) is 0.250. The summed E-state index contributed by atoms with van der Waals surface area (Å²) in [6.07, 6.45) is -3.34. The van der Waals surface area contributed by atoms with E-state index in [1.54, 1.807) is 0 Å². The zero-order valence-corrected chi connectivity index (χ0v) is 11.6. The summed E-state index contributed by atoms with van der Waals surface area (Å²) in [4.78, 5) is 21.4. The van der Waals surface area contributed by atoms with Crippen molar-refractivity contribution in [2.24, 2.45) is 0 Å². The van der Waals surface area contributed by atoms with Gasteiger partial charge in [0.05, 0.1) is 6.33 Å². The van der Waals surface area contributed by atoms with Crippen LogP contribution in [0.3, 0.4) is 0 Å². The van der Waals surface area contributed by atoms with E-state index in [-0.39, 0.29) is 29.5 Å². The number of hydrogen-bond donors (Lipinski definition) is 1. The average Bonchev–Trinajstić information content (AvgIpc) is 3.07. The molecule has 0 aliphatic carbocycles. The summed E-state index contributed by atoms with van der Waals surface area (Å²) in [5.74, 6) is 0.106. The molecule has 0 amide bonds. The van der Waals surface area contributed by atoms with Gasteiger partial charge in [0.1, 0.15) is 12.2 Å². The van der Waals surface area contributed by atoms with Crippen molar-refractivity contribution in [2.45, 2.75) is 19.6 Å². The van der Waals surface area contributed by atoms with Gasteiger partial charge in [-0.15, -0.1) is 0 Å². The maximum Gasteiger partial charge on any atom is 0.435 e. The molecule has 0 saturated carbocycles. The molecule has 0 aliphatic rings. The Kier molecular flexibility index (Phi) is 3.47. The van der Waals surface area contributed by atoms with Crippen LogP contribution in [-0.2, 0) is 12.7 Å². The summed E-state index contributed by atoms with van der Waals surface area (Å²) in [6.45, 7) is 1.36. The maximum atomic E-state index is 12.6. The lowest BCUT2D eigenvalue weighted by Gasteiger charge is -2.01. The van der Waals surface area contributed by atoms with E-state index in [9.17, 15) is 18.0 Å². The number of alkyl halides is 3. The fourth-order valence-electron chi connectivity index (χ4n) is 1.85. The lowest BCUT2D eigenvalue weighted by Crippen LogP contribution is -2.09. The van der Waals surface area contributed by atoms with Gasteiger partial charge in [-0.25, -0.2) is 4.98 Å². The smallest absolute Gasteiger partial charge is 0.337 e. The molecule has 0 fully saturated rings. The van der Waals surface area contributed by atoms with E-state index in [1.807, 2.05) is 0 Å². The highest BCUT2D eigenvalue weighted by molar-refractivity contribution is 5.46. The number of rotatable bonds is 3. The number of H-pyrrole nitrogens is 1. The molecule has 0 atom stereocenters. The third-order valence-corrected chi connectivity index (χ3v) is 2.93. The average molecular weight is 326 g/mol. The topological polar surface area (TPSA) is 102 Å². The van der Waals surface area contributed by atoms with Crippen LogP contribution in [-0.4, -0.2) is 29.9 Å². The third-order valence-electron chi connectivity index (χ3n) is 2.93. The monoisotopic (exact) mass is 326 g/mol. The second-order valence-electron chi connectivity index (χ2n) is 4.63. The van der Waals surface area contributed by atoms with Crippen LogP contribution in [0.15, 0.2) is 27.8 Å². The molecule has 0 bridgehead atoms. The molecule has 3 rings (SSSR count). The Morgan fingerprint density at radius 3 is 2.78 bits per heavy atom. The van der Waals surface area contributed by atoms with Crippen molar-refractivity contribution in [1.82, 2.24) is 29.9 Å². The summed E-state index contributed by atoms with van der Waals surface area (Å²) in [5, 5.41) is 7.11. The standard InChI is InChI=1S/C12H9F3N6O2/c1-6-2-8(12(13,14)15)19-21(6)4-10-18-11(20-23-10)7-3-9(22)17-5-16-7/h2-3,5H,4H2,1H3,(H,16,17,22). The van der Waals surface area contributed by atoms with E-state index in [1.165, 1.54) is 19.3 Å². The van der Waals surface area contributed by atoms with Crippen LogP contribution in [0.2, 0.25) is 0 Å². The highest BCUT2D eigenvalue weighted by Crippen LogP contribution is 2.28. The van der Waals surface area contributed by atoms with E-state index in [2.05, 4.69) is 25.2 Å². The zero-order chi connectivity index (χ0) is 16.6. The Hall–Kier alpha value is -2.98. The molecule has 3 aromatic heterocycles. The van der Waals surface area contributed by atoms with Crippen molar-refractivity contribution < 1.29 is 17.7 Å². The number of aryl methyl sites for hydroxylation is 1. The van der Waals surface area contributed by atoms with E-state index >= 15 is 0 Å². The van der Waals surface area contributed by atoms with Crippen molar-refractivity contribution >= 4 is 0 Å². The highest BCUT2D eigenvalue weighted by atomic mass is 19.4. The molecule has 3 aromatic rings. The van der Waals surface area contributed by atoms with Gasteiger partial charge in [-0.05, 0) is 13.0 Å². The first-order valence-electron chi connectivity index (χ1n) is 6.32. The van der Waals surface area contributed by atoms with Crippen LogP contribution in [0.4, 0.5) is 13.2 Å². The molecule has 0 spiro atoms. The second-order valence-corrected chi connectivity index (χ2v) is 4.63. The van der Waals surface area contributed by atoms with Gasteiger partial charge in [-0.2, -0.15) is 23.3 Å². The second kappa shape index (κ2) is 5.34. The molecule has 1 N–H and O–H groups in total. The van der Waals surface area contributed by atoms with E-state index < -0.39 is 11.9 Å². The van der Waals surface area contributed by atoms with Crippen LogP contribution in [0, 0.1) is 6.92 Å². The molecular formula is C12H9F3N6O2. The van der Waals surface area contributed by atoms with Crippen molar-refractivity contribution in [3.63, 3.8) is 0 Å². The lowest BCUT2D eigenvalue weighted by molar-refractivity contribution is -0.141. The number of nitrogens with one attached hydrogen (secondary N) is 1. The minimum absolute atomic E-state index is 0.0435. The van der Waals surface area contributed by atoms with Gasteiger partial charge in [-0.3, -0.25) is 9.48 Å². The summed E-state index contributed by atoms with van der Waals surface area (Å²) >= 11 is 0. The normalized spacial score (nSPS) is 11.8. The molecule has 0 aromatic carbocycles. The Balaban J connectivity index is 1.85. The lowest BCUT2D eigenvalue weighted by atomic mass is 10.3. The van der Waals surface area contributed by atoms with Crippen LogP contribution in [0.25, 0.3) is 11.5 Å².